The van der Waals surface area contributed by atoms with Crippen molar-refractivity contribution in [3.8, 4) is 33.8 Å². The Balaban J connectivity index is 1.46. The first-order chi connectivity index (χ1) is 16.5. The van der Waals surface area contributed by atoms with Crippen molar-refractivity contribution in [2.24, 2.45) is 0 Å². The van der Waals surface area contributed by atoms with Crippen LogP contribution in [0.15, 0.2) is 55.1 Å². The van der Waals surface area contributed by atoms with Crippen LogP contribution in [0.2, 0.25) is 0 Å². The second-order valence-corrected chi connectivity index (χ2v) is 8.72. The van der Waals surface area contributed by atoms with Gasteiger partial charge in [-0.1, -0.05) is 0 Å². The predicted octanol–water partition coefficient (Wildman–Crippen LogP) is 4.79. The molecule has 0 aromatic carbocycles. The van der Waals surface area contributed by atoms with Crippen LogP contribution >= 0.6 is 0 Å². The van der Waals surface area contributed by atoms with Crippen LogP contribution in [0.1, 0.15) is 31.3 Å². The van der Waals surface area contributed by atoms with Gasteiger partial charge >= 0.3 is 0 Å². The molecule has 6 heterocycles. The molecule has 0 unspecified atom stereocenters. The molecule has 9 nitrogen and oxygen atoms in total. The van der Waals surface area contributed by atoms with Crippen molar-refractivity contribution >= 4 is 16.7 Å². The first kappa shape index (κ1) is 20.2. The van der Waals surface area contributed by atoms with Gasteiger partial charge in [0.15, 0.2) is 11.3 Å². The largest absolute Gasteiger partial charge is 0.282 e. The normalized spacial score (nSPS) is 11.8. The molecule has 0 aliphatic rings. The van der Waals surface area contributed by atoms with E-state index in [4.69, 9.17) is 10.1 Å². The minimum Gasteiger partial charge on any atom is -0.282 e. The van der Waals surface area contributed by atoms with Crippen LogP contribution in [0.3, 0.4) is 0 Å². The molecular weight excluding hydrogens is 426 g/mol. The fourth-order valence-electron chi connectivity index (χ4n) is 4.18. The van der Waals surface area contributed by atoms with Gasteiger partial charge in [0.05, 0.1) is 29.5 Å². The van der Waals surface area contributed by atoms with E-state index < -0.39 is 0 Å². The number of aromatic nitrogens is 9. The van der Waals surface area contributed by atoms with E-state index in [9.17, 15) is 0 Å². The van der Waals surface area contributed by atoms with Gasteiger partial charge in [-0.25, -0.2) is 19.5 Å². The summed E-state index contributed by atoms with van der Waals surface area (Å²) in [6, 6.07) is 10.3. The Morgan fingerprint density at radius 2 is 1.82 bits per heavy atom. The van der Waals surface area contributed by atoms with Gasteiger partial charge in [0, 0.05) is 46.2 Å². The molecule has 34 heavy (non-hydrogen) atoms. The average Bonchev–Trinajstić information content (AvgIpc) is 3.57. The van der Waals surface area contributed by atoms with Crippen LogP contribution < -0.4 is 0 Å². The van der Waals surface area contributed by atoms with E-state index >= 15 is 0 Å². The zero-order valence-corrected chi connectivity index (χ0v) is 19.4. The zero-order chi connectivity index (χ0) is 23.4. The summed E-state index contributed by atoms with van der Waals surface area (Å²) in [6.07, 6.45) is 7.55. The summed E-state index contributed by atoms with van der Waals surface area (Å²) in [4.78, 5) is 13.9. The molecule has 0 saturated heterocycles. The highest BCUT2D eigenvalue weighted by atomic mass is 15.3. The fourth-order valence-corrected chi connectivity index (χ4v) is 4.18. The number of fused-ring (bicyclic) bond motifs is 2. The lowest BCUT2D eigenvalue weighted by molar-refractivity contribution is 0.532. The maximum Gasteiger partial charge on any atom is 0.160 e. The number of hydrogen-bond acceptors (Lipinski definition) is 6. The van der Waals surface area contributed by atoms with Gasteiger partial charge in [-0.15, -0.1) is 0 Å². The second-order valence-electron chi connectivity index (χ2n) is 8.72. The van der Waals surface area contributed by atoms with E-state index in [0.717, 1.165) is 56.2 Å². The molecule has 0 radical (unpaired) electrons. The Bertz CT molecular complexity index is 1670. The van der Waals surface area contributed by atoms with Crippen LogP contribution in [0.25, 0.3) is 50.5 Å². The number of nitrogens with zero attached hydrogens (tertiary/aromatic N) is 8. The topological polar surface area (TPSA) is 102 Å². The molecule has 0 bridgehead atoms. The Morgan fingerprint density at radius 1 is 0.941 bits per heavy atom. The summed E-state index contributed by atoms with van der Waals surface area (Å²) < 4.78 is 3.83. The number of H-pyrrole nitrogens is 1. The lowest BCUT2D eigenvalue weighted by Crippen LogP contribution is -2.01. The van der Waals surface area contributed by atoms with Crippen LogP contribution in [0.5, 0.6) is 0 Å². The maximum absolute atomic E-state index is 4.88. The number of nitrogens with one attached hydrogen (secondary N) is 1. The SMILES string of the molecule is Cc1cc(-c2ccc3c(-c4cnc5cc(-c6cnn(C(C)C)c6)c(C)nn45)ccnc3n2)n[nH]1. The van der Waals surface area contributed by atoms with E-state index in [2.05, 4.69) is 51.4 Å². The van der Waals surface area contributed by atoms with Gasteiger partial charge in [0.2, 0.25) is 0 Å². The lowest BCUT2D eigenvalue weighted by atomic mass is 10.1. The summed E-state index contributed by atoms with van der Waals surface area (Å²) in [6.45, 7) is 8.20. The molecule has 0 spiro atoms. The monoisotopic (exact) mass is 449 g/mol. The minimum absolute atomic E-state index is 0.301. The second kappa shape index (κ2) is 7.58. The third kappa shape index (κ3) is 3.24. The maximum atomic E-state index is 4.88. The third-order valence-corrected chi connectivity index (χ3v) is 5.97. The number of pyridine rings is 2. The molecule has 0 aliphatic heterocycles. The summed E-state index contributed by atoms with van der Waals surface area (Å²) >= 11 is 0. The molecule has 1 N–H and O–H groups in total. The van der Waals surface area contributed by atoms with Crippen LogP contribution in [-0.2, 0) is 0 Å². The van der Waals surface area contributed by atoms with Crippen LogP contribution in [0, 0.1) is 13.8 Å². The number of imidazole rings is 1. The van der Waals surface area contributed by atoms with Gasteiger partial charge in [-0.05, 0) is 58.0 Å². The third-order valence-electron chi connectivity index (χ3n) is 5.97. The quantitative estimate of drug-likeness (QED) is 0.415. The van der Waals surface area contributed by atoms with Crippen LogP contribution in [-0.4, -0.2) is 44.5 Å². The first-order valence-corrected chi connectivity index (χ1v) is 11.2. The van der Waals surface area contributed by atoms with E-state index in [-0.39, 0.29) is 0 Å². The van der Waals surface area contributed by atoms with Crippen molar-refractivity contribution in [2.75, 3.05) is 0 Å². The predicted molar refractivity (Wildman–Crippen MR) is 130 cm³/mol. The van der Waals surface area contributed by atoms with Gasteiger partial charge in [0.1, 0.15) is 5.69 Å². The van der Waals surface area contributed by atoms with Crippen molar-refractivity contribution in [1.29, 1.82) is 0 Å². The first-order valence-electron chi connectivity index (χ1n) is 11.2. The van der Waals surface area contributed by atoms with E-state index in [0.29, 0.717) is 11.7 Å². The van der Waals surface area contributed by atoms with E-state index in [1.165, 1.54) is 0 Å². The van der Waals surface area contributed by atoms with Gasteiger partial charge < -0.3 is 0 Å². The standard InChI is InChI=1S/C25H23N9/c1-14(2)33-13-17(11-28-33)20-10-24-27-12-23(34(24)32-16(20)4)18-7-8-26-25-19(18)5-6-21(29-25)22-9-15(3)30-31-22/h5-14H,1-4H3,(H,30,31). The van der Waals surface area contributed by atoms with Crippen LogP contribution in [0.4, 0.5) is 0 Å². The van der Waals surface area contributed by atoms with Gasteiger partial charge in [-0.2, -0.15) is 15.3 Å². The Morgan fingerprint density at radius 3 is 2.59 bits per heavy atom. The van der Waals surface area contributed by atoms with Crippen molar-refractivity contribution in [3.63, 3.8) is 0 Å². The van der Waals surface area contributed by atoms with Gasteiger partial charge in [0.25, 0.3) is 0 Å². The number of aryl methyl sites for hydroxylation is 2. The molecule has 0 fully saturated rings. The molecule has 6 aromatic heterocycles. The fraction of sp³-hybridized carbons (Fsp3) is 0.200. The number of rotatable bonds is 4. The Kier molecular flexibility index (Phi) is 4.51. The molecule has 6 rings (SSSR count). The van der Waals surface area contributed by atoms with Crippen molar-refractivity contribution in [2.45, 2.75) is 33.7 Å². The highest BCUT2D eigenvalue weighted by molar-refractivity contribution is 5.93. The summed E-state index contributed by atoms with van der Waals surface area (Å²) in [7, 11) is 0. The molecule has 0 atom stereocenters. The molecule has 9 heteroatoms. The highest BCUT2D eigenvalue weighted by Gasteiger charge is 2.16. The lowest BCUT2D eigenvalue weighted by Gasteiger charge is -2.08. The van der Waals surface area contributed by atoms with E-state index in [1.807, 2.05) is 59.7 Å². The number of hydrogen-bond donors (Lipinski definition) is 1. The molecule has 6 aromatic rings. The molecule has 0 saturated carbocycles. The average molecular weight is 450 g/mol. The number of aromatic amines is 1. The molecule has 0 amide bonds. The van der Waals surface area contributed by atoms with Crippen molar-refractivity contribution < 1.29 is 0 Å². The molecule has 0 aliphatic carbocycles. The van der Waals surface area contributed by atoms with Gasteiger partial charge in [-0.3, -0.25) is 9.78 Å². The van der Waals surface area contributed by atoms with E-state index in [1.54, 1.807) is 6.20 Å². The van der Waals surface area contributed by atoms with Crippen molar-refractivity contribution in [1.82, 2.24) is 44.5 Å². The molecule has 168 valence electrons. The Labute approximate surface area is 195 Å². The van der Waals surface area contributed by atoms with Crippen molar-refractivity contribution in [3.05, 3.63) is 66.5 Å². The summed E-state index contributed by atoms with van der Waals surface area (Å²) in [5.74, 6) is 0. The zero-order valence-electron chi connectivity index (χ0n) is 19.4. The Hall–Kier alpha value is -4.40. The summed E-state index contributed by atoms with van der Waals surface area (Å²) in [5, 5.41) is 17.6. The molecular formula is C25H23N9. The highest BCUT2D eigenvalue weighted by Crippen LogP contribution is 2.31. The minimum atomic E-state index is 0.301. The smallest absolute Gasteiger partial charge is 0.160 e. The summed E-state index contributed by atoms with van der Waals surface area (Å²) in [5.41, 5.74) is 8.82.